The van der Waals surface area contributed by atoms with Crippen LogP contribution in [-0.2, 0) is 14.3 Å². The van der Waals surface area contributed by atoms with E-state index in [-0.39, 0.29) is 0 Å². The largest absolute Gasteiger partial charge is 0.464 e. The molecule has 0 aliphatic rings. The van der Waals surface area contributed by atoms with Crippen molar-refractivity contribution in [1.82, 2.24) is 5.32 Å². The summed E-state index contributed by atoms with van der Waals surface area (Å²) in [5.41, 5.74) is 0. The smallest absolute Gasteiger partial charge is 0.407 e. The first-order valence-electron chi connectivity index (χ1n) is 6.24. The Morgan fingerprint density at radius 1 is 1.28 bits per heavy atom. The first kappa shape index (κ1) is 17.1. The number of thioether (sulfide) groups is 1. The second kappa shape index (κ2) is 11.2. The molecule has 5 nitrogen and oxygen atoms in total. The van der Waals surface area contributed by atoms with Gasteiger partial charge in [0.25, 0.3) is 0 Å². The highest BCUT2D eigenvalue weighted by molar-refractivity contribution is 7.98. The van der Waals surface area contributed by atoms with Crippen LogP contribution in [-0.4, -0.2) is 43.3 Å². The Labute approximate surface area is 113 Å². The molecule has 1 N–H and O–H groups in total. The zero-order chi connectivity index (χ0) is 13.8. The second-order valence-electron chi connectivity index (χ2n) is 3.72. The predicted octanol–water partition coefficient (Wildman–Crippen LogP) is 2.20. The van der Waals surface area contributed by atoms with E-state index in [1.165, 1.54) is 0 Å². The van der Waals surface area contributed by atoms with E-state index >= 15 is 0 Å². The number of unbranched alkanes of at least 4 members (excludes halogenated alkanes) is 1. The lowest BCUT2D eigenvalue weighted by atomic mass is 10.2. The van der Waals surface area contributed by atoms with Gasteiger partial charge in [0.05, 0.1) is 13.2 Å². The van der Waals surface area contributed by atoms with Gasteiger partial charge in [0.1, 0.15) is 6.04 Å². The van der Waals surface area contributed by atoms with Crippen molar-refractivity contribution in [3.05, 3.63) is 0 Å². The summed E-state index contributed by atoms with van der Waals surface area (Å²) < 4.78 is 9.87. The molecular formula is C12H23NO4S. The van der Waals surface area contributed by atoms with E-state index in [2.05, 4.69) is 5.32 Å². The minimum Gasteiger partial charge on any atom is -0.464 e. The number of nitrogens with one attached hydrogen (secondary N) is 1. The van der Waals surface area contributed by atoms with Crippen molar-refractivity contribution >= 4 is 23.8 Å². The lowest BCUT2D eigenvalue weighted by molar-refractivity contribution is -0.145. The van der Waals surface area contributed by atoms with Gasteiger partial charge in [-0.15, -0.1) is 0 Å². The summed E-state index contributed by atoms with van der Waals surface area (Å²) in [4.78, 5) is 23.1. The van der Waals surface area contributed by atoms with Gasteiger partial charge in [-0.2, -0.15) is 11.8 Å². The molecule has 0 saturated heterocycles. The molecule has 0 saturated carbocycles. The van der Waals surface area contributed by atoms with Gasteiger partial charge in [-0.05, 0) is 31.8 Å². The molecular weight excluding hydrogens is 254 g/mol. The zero-order valence-electron chi connectivity index (χ0n) is 11.4. The molecule has 0 aromatic heterocycles. The molecule has 0 aromatic carbocycles. The highest BCUT2D eigenvalue weighted by Crippen LogP contribution is 2.03. The Balaban J connectivity index is 4.12. The van der Waals surface area contributed by atoms with E-state index in [9.17, 15) is 9.59 Å². The topological polar surface area (TPSA) is 64.6 Å². The number of carbonyl (C=O) groups excluding carboxylic acids is 2. The van der Waals surface area contributed by atoms with Crippen LogP contribution in [0.25, 0.3) is 0 Å². The van der Waals surface area contributed by atoms with Gasteiger partial charge < -0.3 is 14.8 Å². The number of hydrogen-bond acceptors (Lipinski definition) is 5. The molecule has 0 aliphatic heterocycles. The van der Waals surface area contributed by atoms with E-state index in [4.69, 9.17) is 9.47 Å². The number of alkyl carbamates (subject to hydrolysis) is 1. The fraction of sp³-hybridized carbons (Fsp3) is 0.833. The third-order valence-corrected chi connectivity index (χ3v) is 2.85. The van der Waals surface area contributed by atoms with Gasteiger partial charge in [0, 0.05) is 0 Å². The molecule has 1 amide bonds. The van der Waals surface area contributed by atoms with Gasteiger partial charge in [0.15, 0.2) is 0 Å². The summed E-state index contributed by atoms with van der Waals surface area (Å²) in [5.74, 6) is 0.373. The van der Waals surface area contributed by atoms with Crippen molar-refractivity contribution in [2.75, 3.05) is 25.2 Å². The third kappa shape index (κ3) is 8.22. The van der Waals surface area contributed by atoms with Crippen LogP contribution in [0.3, 0.4) is 0 Å². The molecule has 18 heavy (non-hydrogen) atoms. The maximum Gasteiger partial charge on any atom is 0.407 e. The maximum atomic E-state index is 11.6. The van der Waals surface area contributed by atoms with E-state index in [1.807, 2.05) is 13.2 Å². The van der Waals surface area contributed by atoms with E-state index in [0.29, 0.717) is 19.6 Å². The third-order valence-electron chi connectivity index (χ3n) is 2.20. The van der Waals surface area contributed by atoms with E-state index in [0.717, 1.165) is 18.6 Å². The van der Waals surface area contributed by atoms with Crippen LogP contribution in [0, 0.1) is 0 Å². The Kier molecular flexibility index (Phi) is 10.6. The molecule has 0 aliphatic carbocycles. The quantitative estimate of drug-likeness (QED) is 0.517. The summed E-state index contributed by atoms with van der Waals surface area (Å²) in [6.07, 6.45) is 3.72. The van der Waals surface area contributed by atoms with Crippen LogP contribution < -0.4 is 5.32 Å². The fourth-order valence-corrected chi connectivity index (χ4v) is 1.69. The van der Waals surface area contributed by atoms with Crippen molar-refractivity contribution < 1.29 is 19.1 Å². The fourth-order valence-electron chi connectivity index (χ4n) is 1.22. The van der Waals surface area contributed by atoms with Gasteiger partial charge in [-0.1, -0.05) is 13.3 Å². The zero-order valence-corrected chi connectivity index (χ0v) is 12.2. The molecule has 0 aromatic rings. The van der Waals surface area contributed by atoms with Crippen molar-refractivity contribution in [2.24, 2.45) is 0 Å². The van der Waals surface area contributed by atoms with Crippen LogP contribution in [0.15, 0.2) is 0 Å². The maximum absolute atomic E-state index is 11.6. The lowest BCUT2D eigenvalue weighted by Gasteiger charge is -2.16. The number of amides is 1. The molecule has 1 atom stereocenters. The first-order valence-corrected chi connectivity index (χ1v) is 7.63. The normalized spacial score (nSPS) is 11.7. The summed E-state index contributed by atoms with van der Waals surface area (Å²) >= 11 is 1.61. The molecule has 0 fully saturated rings. The van der Waals surface area contributed by atoms with Gasteiger partial charge >= 0.3 is 12.1 Å². The Morgan fingerprint density at radius 2 is 2.00 bits per heavy atom. The predicted molar refractivity (Wildman–Crippen MR) is 72.8 cm³/mol. The molecule has 0 heterocycles. The van der Waals surface area contributed by atoms with Crippen molar-refractivity contribution in [2.45, 2.75) is 39.2 Å². The van der Waals surface area contributed by atoms with Crippen LogP contribution in [0.4, 0.5) is 4.79 Å². The monoisotopic (exact) mass is 277 g/mol. The molecule has 0 rings (SSSR count). The summed E-state index contributed by atoms with van der Waals surface area (Å²) in [7, 11) is 0. The molecule has 1 unspecified atom stereocenters. The van der Waals surface area contributed by atoms with Gasteiger partial charge in [-0.3, -0.25) is 0 Å². The number of carbonyl (C=O) groups is 2. The van der Waals surface area contributed by atoms with Crippen LogP contribution in [0.5, 0.6) is 0 Å². The first-order chi connectivity index (χ1) is 8.65. The van der Waals surface area contributed by atoms with Crippen molar-refractivity contribution in [3.8, 4) is 0 Å². The Morgan fingerprint density at radius 3 is 2.56 bits per heavy atom. The number of esters is 1. The molecule has 6 heteroatoms. The van der Waals surface area contributed by atoms with E-state index in [1.54, 1.807) is 18.7 Å². The van der Waals surface area contributed by atoms with Gasteiger partial charge in [-0.25, -0.2) is 9.59 Å². The average molecular weight is 277 g/mol. The molecule has 0 bridgehead atoms. The average Bonchev–Trinajstić information content (AvgIpc) is 2.35. The second-order valence-corrected chi connectivity index (χ2v) is 4.71. The van der Waals surface area contributed by atoms with E-state index < -0.39 is 18.1 Å². The molecule has 0 radical (unpaired) electrons. The van der Waals surface area contributed by atoms with Crippen molar-refractivity contribution in [3.63, 3.8) is 0 Å². The minimum atomic E-state index is -0.619. The lowest BCUT2D eigenvalue weighted by Crippen LogP contribution is -2.42. The Bertz CT molecular complexity index is 248. The minimum absolute atomic E-state index is 0.307. The van der Waals surface area contributed by atoms with Crippen LogP contribution in [0.2, 0.25) is 0 Å². The number of ether oxygens (including phenoxy) is 2. The summed E-state index contributed by atoms with van der Waals surface area (Å²) in [6.45, 7) is 4.44. The molecule has 0 spiro atoms. The van der Waals surface area contributed by atoms with Gasteiger partial charge in [0.2, 0.25) is 0 Å². The number of rotatable bonds is 9. The Hall–Kier alpha value is -0.910. The summed E-state index contributed by atoms with van der Waals surface area (Å²) in [5, 5.41) is 2.55. The SMILES string of the molecule is CCCCOC(=O)NC(CCSC)C(=O)OCC. The van der Waals surface area contributed by atoms with Crippen molar-refractivity contribution in [1.29, 1.82) is 0 Å². The highest BCUT2D eigenvalue weighted by Gasteiger charge is 2.22. The van der Waals surface area contributed by atoms with Crippen LogP contribution in [0.1, 0.15) is 33.1 Å². The number of hydrogen-bond donors (Lipinski definition) is 1. The molecule has 106 valence electrons. The summed E-state index contributed by atoms with van der Waals surface area (Å²) in [6, 6.07) is -0.619. The van der Waals surface area contributed by atoms with Crippen LogP contribution >= 0.6 is 11.8 Å². The standard InChI is InChI=1S/C12H23NO4S/c1-4-6-8-17-12(15)13-10(7-9-18-3)11(14)16-5-2/h10H,4-9H2,1-3H3,(H,13,15). The highest BCUT2D eigenvalue weighted by atomic mass is 32.2.